The van der Waals surface area contributed by atoms with Crippen LogP contribution >= 0.6 is 0 Å². The maximum absolute atomic E-state index is 14.1. The van der Waals surface area contributed by atoms with Gasteiger partial charge in [-0.1, -0.05) is 66.7 Å². The first-order valence-electron chi connectivity index (χ1n) is 12.5. The fraction of sp³-hybridized carbons (Fsp3) is 0.367. The second-order valence-electron chi connectivity index (χ2n) is 9.50. The van der Waals surface area contributed by atoms with Gasteiger partial charge < -0.3 is 10.2 Å². The van der Waals surface area contributed by atoms with Crippen molar-refractivity contribution in [1.82, 2.24) is 15.2 Å². The van der Waals surface area contributed by atoms with E-state index in [0.717, 1.165) is 16.7 Å². The molecule has 1 heterocycles. The summed E-state index contributed by atoms with van der Waals surface area (Å²) in [6.45, 7) is 8.54. The average Bonchev–Trinajstić information content (AvgIpc) is 2.86. The number of amides is 2. The number of nitrogens with zero attached hydrogens (tertiary/aromatic N) is 2. The number of hydrogen-bond donors (Lipinski definition) is 1. The number of carbonyl (C=O) groups excluding carboxylic acids is 2. The van der Waals surface area contributed by atoms with Gasteiger partial charge in [0.05, 0.1) is 5.92 Å². The lowest BCUT2D eigenvalue weighted by Gasteiger charge is -2.37. The van der Waals surface area contributed by atoms with Gasteiger partial charge in [-0.05, 0) is 56.9 Å². The zero-order chi connectivity index (χ0) is 25.2. The standard InChI is InChI=1S/C30H37N3O2/c1-22(2)33(23(3)4)30(35)29(26-16-11-19-31-20-26)27(25-14-9-6-10-15-25)21-32-28(34)18-17-24-12-7-5-8-13-24/h5-16,19-20,22-23,27,29H,17-18,21H2,1-4H3,(H,32,34). The molecule has 2 atom stereocenters. The van der Waals surface area contributed by atoms with Gasteiger partial charge in [0, 0.05) is 43.4 Å². The first-order valence-corrected chi connectivity index (χ1v) is 12.5. The summed E-state index contributed by atoms with van der Waals surface area (Å²) in [7, 11) is 0. The minimum Gasteiger partial charge on any atom is -0.355 e. The van der Waals surface area contributed by atoms with E-state index in [1.807, 2.05) is 105 Å². The molecule has 5 nitrogen and oxygen atoms in total. The van der Waals surface area contributed by atoms with Crippen LogP contribution in [-0.4, -0.2) is 40.3 Å². The Morgan fingerprint density at radius 1 is 0.829 bits per heavy atom. The Labute approximate surface area is 209 Å². The van der Waals surface area contributed by atoms with Gasteiger partial charge in [0.25, 0.3) is 0 Å². The zero-order valence-corrected chi connectivity index (χ0v) is 21.2. The van der Waals surface area contributed by atoms with Crippen LogP contribution in [0.25, 0.3) is 0 Å². The molecule has 5 heteroatoms. The van der Waals surface area contributed by atoms with Crippen LogP contribution in [0.5, 0.6) is 0 Å². The van der Waals surface area contributed by atoms with E-state index in [1.165, 1.54) is 0 Å². The van der Waals surface area contributed by atoms with Gasteiger partial charge in [0.1, 0.15) is 0 Å². The van der Waals surface area contributed by atoms with E-state index in [1.54, 1.807) is 12.4 Å². The minimum atomic E-state index is -0.467. The first-order chi connectivity index (χ1) is 16.9. The molecule has 1 aromatic heterocycles. The molecule has 2 unspecified atom stereocenters. The zero-order valence-electron chi connectivity index (χ0n) is 21.2. The van der Waals surface area contributed by atoms with Crippen LogP contribution in [0, 0.1) is 0 Å². The van der Waals surface area contributed by atoms with Gasteiger partial charge in [-0.3, -0.25) is 14.6 Å². The highest BCUT2D eigenvalue weighted by Crippen LogP contribution is 2.35. The summed E-state index contributed by atoms with van der Waals surface area (Å²) in [5, 5.41) is 3.12. The van der Waals surface area contributed by atoms with Crippen LogP contribution < -0.4 is 5.32 Å². The van der Waals surface area contributed by atoms with Crippen molar-refractivity contribution in [2.75, 3.05) is 6.54 Å². The topological polar surface area (TPSA) is 62.3 Å². The summed E-state index contributed by atoms with van der Waals surface area (Å²) in [6, 6.07) is 23.9. The predicted octanol–water partition coefficient (Wildman–Crippen LogP) is 5.34. The van der Waals surface area contributed by atoms with Gasteiger partial charge in [0.15, 0.2) is 0 Å². The Morgan fingerprint density at radius 3 is 2.00 bits per heavy atom. The lowest BCUT2D eigenvalue weighted by atomic mass is 9.80. The summed E-state index contributed by atoms with van der Waals surface area (Å²) in [4.78, 5) is 33.1. The minimum absolute atomic E-state index is 0.0169. The normalized spacial score (nSPS) is 12.9. The SMILES string of the molecule is CC(C)N(C(=O)C(c1cccnc1)C(CNC(=O)CCc1ccccc1)c1ccccc1)C(C)C. The van der Waals surface area contributed by atoms with Crippen LogP contribution in [0.2, 0.25) is 0 Å². The Hall–Kier alpha value is -3.47. The molecule has 184 valence electrons. The van der Waals surface area contributed by atoms with Gasteiger partial charge in [-0.25, -0.2) is 0 Å². The third kappa shape index (κ3) is 7.25. The highest BCUT2D eigenvalue weighted by atomic mass is 16.2. The highest BCUT2D eigenvalue weighted by Gasteiger charge is 2.36. The molecular formula is C30H37N3O2. The number of aromatic nitrogens is 1. The Balaban J connectivity index is 1.89. The highest BCUT2D eigenvalue weighted by molar-refractivity contribution is 5.85. The Morgan fingerprint density at radius 2 is 1.43 bits per heavy atom. The Kier molecular flexibility index (Phi) is 9.59. The number of rotatable bonds is 11. The lowest BCUT2D eigenvalue weighted by molar-refractivity contribution is -0.137. The quantitative estimate of drug-likeness (QED) is 0.410. The van der Waals surface area contributed by atoms with E-state index >= 15 is 0 Å². The molecule has 2 aromatic carbocycles. The molecule has 0 aliphatic heterocycles. The second kappa shape index (κ2) is 12.8. The van der Waals surface area contributed by atoms with Crippen LogP contribution in [0.15, 0.2) is 85.2 Å². The van der Waals surface area contributed by atoms with Crippen LogP contribution in [-0.2, 0) is 16.0 Å². The predicted molar refractivity (Wildman–Crippen MR) is 141 cm³/mol. The van der Waals surface area contributed by atoms with Gasteiger partial charge >= 0.3 is 0 Å². The van der Waals surface area contributed by atoms with E-state index in [-0.39, 0.29) is 29.8 Å². The summed E-state index contributed by atoms with van der Waals surface area (Å²) < 4.78 is 0. The molecule has 0 aliphatic rings. The Bertz CT molecular complexity index is 1040. The van der Waals surface area contributed by atoms with Crippen molar-refractivity contribution >= 4 is 11.8 Å². The molecule has 2 amide bonds. The number of nitrogens with one attached hydrogen (secondary N) is 1. The molecule has 3 aromatic rings. The number of benzene rings is 2. The second-order valence-corrected chi connectivity index (χ2v) is 9.50. The van der Waals surface area contributed by atoms with E-state index < -0.39 is 5.92 Å². The number of pyridine rings is 1. The van der Waals surface area contributed by atoms with E-state index in [0.29, 0.717) is 19.4 Å². The maximum atomic E-state index is 14.1. The lowest BCUT2D eigenvalue weighted by Crippen LogP contribution is -2.47. The van der Waals surface area contributed by atoms with E-state index in [4.69, 9.17) is 0 Å². The van der Waals surface area contributed by atoms with Crippen molar-refractivity contribution in [3.8, 4) is 0 Å². The van der Waals surface area contributed by atoms with Crippen molar-refractivity contribution < 1.29 is 9.59 Å². The van der Waals surface area contributed by atoms with Crippen LogP contribution in [0.3, 0.4) is 0 Å². The molecular weight excluding hydrogens is 434 g/mol. The largest absolute Gasteiger partial charge is 0.355 e. The third-order valence-corrected chi connectivity index (χ3v) is 6.31. The van der Waals surface area contributed by atoms with Crippen LogP contribution in [0.1, 0.15) is 62.6 Å². The summed E-state index contributed by atoms with van der Waals surface area (Å²) in [5.41, 5.74) is 3.01. The molecule has 0 bridgehead atoms. The molecule has 0 fully saturated rings. The van der Waals surface area contributed by atoms with Crippen molar-refractivity contribution in [1.29, 1.82) is 0 Å². The molecule has 3 rings (SSSR count). The van der Waals surface area contributed by atoms with Gasteiger partial charge in [-0.15, -0.1) is 0 Å². The molecule has 0 saturated heterocycles. The number of hydrogen-bond acceptors (Lipinski definition) is 3. The van der Waals surface area contributed by atoms with E-state index in [2.05, 4.69) is 10.3 Å². The average molecular weight is 472 g/mol. The molecule has 0 aliphatic carbocycles. The fourth-order valence-corrected chi connectivity index (χ4v) is 4.72. The fourth-order valence-electron chi connectivity index (χ4n) is 4.72. The number of carbonyl (C=O) groups is 2. The summed E-state index contributed by atoms with van der Waals surface area (Å²) in [5.74, 6) is -0.661. The molecule has 0 radical (unpaired) electrons. The molecule has 0 saturated carbocycles. The monoisotopic (exact) mass is 471 g/mol. The first kappa shape index (κ1) is 26.1. The van der Waals surface area contributed by atoms with Crippen molar-refractivity contribution in [2.45, 2.75) is 64.5 Å². The number of aryl methyl sites for hydroxylation is 1. The molecule has 35 heavy (non-hydrogen) atoms. The van der Waals surface area contributed by atoms with Crippen molar-refractivity contribution in [3.05, 3.63) is 102 Å². The molecule has 1 N–H and O–H groups in total. The molecule has 0 spiro atoms. The van der Waals surface area contributed by atoms with Crippen molar-refractivity contribution in [3.63, 3.8) is 0 Å². The summed E-state index contributed by atoms with van der Waals surface area (Å²) >= 11 is 0. The van der Waals surface area contributed by atoms with Crippen LogP contribution in [0.4, 0.5) is 0 Å². The maximum Gasteiger partial charge on any atom is 0.231 e. The smallest absolute Gasteiger partial charge is 0.231 e. The summed E-state index contributed by atoms with van der Waals surface area (Å²) in [6.07, 6.45) is 4.58. The van der Waals surface area contributed by atoms with E-state index in [9.17, 15) is 9.59 Å². The van der Waals surface area contributed by atoms with Crippen molar-refractivity contribution in [2.24, 2.45) is 0 Å². The third-order valence-electron chi connectivity index (χ3n) is 6.31. The van der Waals surface area contributed by atoms with Gasteiger partial charge in [-0.2, -0.15) is 0 Å². The van der Waals surface area contributed by atoms with Gasteiger partial charge in [0.2, 0.25) is 11.8 Å².